The van der Waals surface area contributed by atoms with Gasteiger partial charge in [0.05, 0.1) is 6.61 Å². The van der Waals surface area contributed by atoms with Crippen LogP contribution < -0.4 is 10.5 Å². The Morgan fingerprint density at radius 2 is 1.89 bits per heavy atom. The van der Waals surface area contributed by atoms with Crippen molar-refractivity contribution in [2.24, 2.45) is 0 Å². The first kappa shape index (κ1) is 13.1. The van der Waals surface area contributed by atoms with Crippen molar-refractivity contribution < 1.29 is 13.9 Å². The van der Waals surface area contributed by atoms with Gasteiger partial charge >= 0.3 is 0 Å². The molecule has 0 heterocycles. The van der Waals surface area contributed by atoms with E-state index in [2.05, 4.69) is 0 Å². The zero-order valence-electron chi connectivity index (χ0n) is 10.5. The van der Waals surface area contributed by atoms with Gasteiger partial charge in [-0.2, -0.15) is 0 Å². The number of hydrogen-bond donors (Lipinski definition) is 1. The molecule has 0 fully saturated rings. The summed E-state index contributed by atoms with van der Waals surface area (Å²) in [4.78, 5) is 12.2. The molecule has 0 amide bonds. The number of ketones is 1. The van der Waals surface area contributed by atoms with Crippen molar-refractivity contribution in [1.82, 2.24) is 0 Å². The number of ether oxygens (including phenoxy) is 1. The van der Waals surface area contributed by atoms with Gasteiger partial charge in [-0.1, -0.05) is 0 Å². The lowest BCUT2D eigenvalue weighted by molar-refractivity contribution is 0.103. The van der Waals surface area contributed by atoms with E-state index in [0.29, 0.717) is 17.9 Å². The predicted octanol–water partition coefficient (Wildman–Crippen LogP) is 3.04. The highest BCUT2D eigenvalue weighted by atomic mass is 19.1. The van der Waals surface area contributed by atoms with Gasteiger partial charge in [-0.05, 0) is 49.4 Å². The lowest BCUT2D eigenvalue weighted by atomic mass is 10.0. The Kier molecular flexibility index (Phi) is 3.80. The number of carbonyl (C=O) groups is 1. The van der Waals surface area contributed by atoms with Crippen molar-refractivity contribution in [2.45, 2.75) is 6.92 Å². The van der Waals surface area contributed by atoms with Crippen LogP contribution in [0.5, 0.6) is 5.75 Å². The van der Waals surface area contributed by atoms with Crippen LogP contribution >= 0.6 is 0 Å². The smallest absolute Gasteiger partial charge is 0.195 e. The van der Waals surface area contributed by atoms with Crippen LogP contribution in [0.1, 0.15) is 22.8 Å². The van der Waals surface area contributed by atoms with Gasteiger partial charge in [0.15, 0.2) is 5.78 Å². The van der Waals surface area contributed by atoms with E-state index in [-0.39, 0.29) is 17.0 Å². The molecule has 2 N–H and O–H groups in total. The Labute approximate surface area is 110 Å². The molecule has 0 saturated heterocycles. The molecule has 3 nitrogen and oxygen atoms in total. The topological polar surface area (TPSA) is 52.3 Å². The van der Waals surface area contributed by atoms with Gasteiger partial charge in [0.1, 0.15) is 11.6 Å². The van der Waals surface area contributed by atoms with E-state index >= 15 is 0 Å². The van der Waals surface area contributed by atoms with E-state index in [1.807, 2.05) is 6.92 Å². The fourth-order valence-corrected chi connectivity index (χ4v) is 1.75. The summed E-state index contributed by atoms with van der Waals surface area (Å²) in [5.41, 5.74) is 6.57. The zero-order valence-corrected chi connectivity index (χ0v) is 10.5. The number of hydrogen-bond acceptors (Lipinski definition) is 3. The maximum Gasteiger partial charge on any atom is 0.195 e. The molecule has 0 aliphatic heterocycles. The normalized spacial score (nSPS) is 10.2. The van der Waals surface area contributed by atoms with E-state index in [9.17, 15) is 9.18 Å². The predicted molar refractivity (Wildman–Crippen MR) is 71.9 cm³/mol. The molecule has 2 aromatic rings. The maximum atomic E-state index is 13.2. The molecule has 0 aliphatic carbocycles. The average Bonchev–Trinajstić information content (AvgIpc) is 2.42. The van der Waals surface area contributed by atoms with E-state index in [1.165, 1.54) is 12.1 Å². The number of rotatable bonds is 4. The average molecular weight is 259 g/mol. The SMILES string of the molecule is CCOc1ccc(C(=O)c2cc(F)ccc2N)cc1. The standard InChI is InChI=1S/C15H14FNO2/c1-2-19-12-6-3-10(4-7-12)15(18)13-9-11(16)5-8-14(13)17/h3-9H,2,17H2,1H3. The minimum absolute atomic E-state index is 0.171. The molecule has 0 radical (unpaired) electrons. The maximum absolute atomic E-state index is 13.2. The first-order chi connectivity index (χ1) is 9.11. The number of carbonyl (C=O) groups excluding carboxylic acids is 1. The summed E-state index contributed by atoms with van der Waals surface area (Å²) in [7, 11) is 0. The Bertz CT molecular complexity index is 594. The molecule has 98 valence electrons. The van der Waals surface area contributed by atoms with Gasteiger partial charge in [-0.15, -0.1) is 0 Å². The summed E-state index contributed by atoms with van der Waals surface area (Å²) in [5.74, 6) is -0.102. The summed E-state index contributed by atoms with van der Waals surface area (Å²) in [6.45, 7) is 2.44. The highest BCUT2D eigenvalue weighted by Gasteiger charge is 2.13. The van der Waals surface area contributed by atoms with E-state index in [4.69, 9.17) is 10.5 Å². The second-order valence-corrected chi connectivity index (χ2v) is 4.02. The minimum Gasteiger partial charge on any atom is -0.494 e. The first-order valence-corrected chi connectivity index (χ1v) is 5.94. The molecule has 2 rings (SSSR count). The molecule has 0 atom stereocenters. The van der Waals surface area contributed by atoms with Gasteiger partial charge in [0.25, 0.3) is 0 Å². The highest BCUT2D eigenvalue weighted by Crippen LogP contribution is 2.20. The Hall–Kier alpha value is -2.36. The Morgan fingerprint density at radius 1 is 1.21 bits per heavy atom. The summed E-state index contributed by atoms with van der Waals surface area (Å²) < 4.78 is 18.5. The molecular formula is C15H14FNO2. The summed E-state index contributed by atoms with van der Waals surface area (Å²) in [5, 5.41) is 0. The molecule has 4 heteroatoms. The highest BCUT2D eigenvalue weighted by molar-refractivity contribution is 6.12. The van der Waals surface area contributed by atoms with Crippen molar-refractivity contribution in [2.75, 3.05) is 12.3 Å². The number of benzene rings is 2. The van der Waals surface area contributed by atoms with E-state index in [0.717, 1.165) is 6.07 Å². The molecule has 19 heavy (non-hydrogen) atoms. The van der Waals surface area contributed by atoms with Crippen molar-refractivity contribution in [3.8, 4) is 5.75 Å². The third-order valence-corrected chi connectivity index (χ3v) is 2.69. The third kappa shape index (κ3) is 2.91. The van der Waals surface area contributed by atoms with Crippen LogP contribution in [0, 0.1) is 5.82 Å². The van der Waals surface area contributed by atoms with Gasteiger partial charge in [-0.3, -0.25) is 4.79 Å². The van der Waals surface area contributed by atoms with E-state index < -0.39 is 5.82 Å². The largest absolute Gasteiger partial charge is 0.494 e. The Morgan fingerprint density at radius 3 is 2.53 bits per heavy atom. The number of anilines is 1. The summed E-state index contributed by atoms with van der Waals surface area (Å²) in [6, 6.07) is 10.4. The molecule has 0 aromatic heterocycles. The van der Waals surface area contributed by atoms with Crippen LogP contribution in [0.2, 0.25) is 0 Å². The van der Waals surface area contributed by atoms with Crippen molar-refractivity contribution >= 4 is 11.5 Å². The fraction of sp³-hybridized carbons (Fsp3) is 0.133. The van der Waals surface area contributed by atoms with Gasteiger partial charge in [-0.25, -0.2) is 4.39 Å². The van der Waals surface area contributed by atoms with Crippen LogP contribution in [0.25, 0.3) is 0 Å². The third-order valence-electron chi connectivity index (χ3n) is 2.69. The number of nitrogen functional groups attached to an aromatic ring is 1. The zero-order chi connectivity index (χ0) is 13.8. The quantitative estimate of drug-likeness (QED) is 0.678. The lowest BCUT2D eigenvalue weighted by Gasteiger charge is -2.06. The molecule has 0 unspecified atom stereocenters. The first-order valence-electron chi connectivity index (χ1n) is 5.94. The second kappa shape index (κ2) is 5.52. The molecule has 0 bridgehead atoms. The molecule has 0 spiro atoms. The van der Waals surface area contributed by atoms with Crippen LogP contribution in [0.3, 0.4) is 0 Å². The summed E-state index contributed by atoms with van der Waals surface area (Å²) in [6.07, 6.45) is 0. The monoisotopic (exact) mass is 259 g/mol. The number of halogens is 1. The van der Waals surface area contributed by atoms with Gasteiger partial charge in [0, 0.05) is 16.8 Å². The second-order valence-electron chi connectivity index (χ2n) is 4.02. The van der Waals surface area contributed by atoms with Gasteiger partial charge in [0.2, 0.25) is 0 Å². The van der Waals surface area contributed by atoms with Crippen molar-refractivity contribution in [1.29, 1.82) is 0 Å². The molecule has 0 aliphatic rings. The van der Waals surface area contributed by atoms with Crippen LogP contribution in [-0.2, 0) is 0 Å². The van der Waals surface area contributed by atoms with Crippen LogP contribution in [0.15, 0.2) is 42.5 Å². The van der Waals surface area contributed by atoms with Crippen LogP contribution in [-0.4, -0.2) is 12.4 Å². The fourth-order valence-electron chi connectivity index (χ4n) is 1.75. The Balaban J connectivity index is 2.30. The molecule has 0 saturated carbocycles. The molecule has 2 aromatic carbocycles. The number of nitrogens with two attached hydrogens (primary N) is 1. The summed E-state index contributed by atoms with van der Waals surface area (Å²) >= 11 is 0. The van der Waals surface area contributed by atoms with Crippen molar-refractivity contribution in [3.05, 3.63) is 59.4 Å². The lowest BCUT2D eigenvalue weighted by Crippen LogP contribution is -2.06. The van der Waals surface area contributed by atoms with Crippen molar-refractivity contribution in [3.63, 3.8) is 0 Å². The van der Waals surface area contributed by atoms with E-state index in [1.54, 1.807) is 24.3 Å². The molecular weight excluding hydrogens is 245 g/mol. The minimum atomic E-state index is -0.483. The van der Waals surface area contributed by atoms with Crippen LogP contribution in [0.4, 0.5) is 10.1 Å². The van der Waals surface area contributed by atoms with Gasteiger partial charge < -0.3 is 10.5 Å².